The number of anilines is 1. The van der Waals surface area contributed by atoms with Gasteiger partial charge < -0.3 is 24.8 Å². The normalized spacial score (nSPS) is 25.3. The minimum Gasteiger partial charge on any atom is -0.493 e. The van der Waals surface area contributed by atoms with E-state index in [-0.39, 0.29) is 11.3 Å². The first-order chi connectivity index (χ1) is 12.2. The molecule has 0 bridgehead atoms. The summed E-state index contributed by atoms with van der Waals surface area (Å²) in [7, 11) is 3.24. The molecule has 1 saturated heterocycles. The molecule has 1 aliphatic carbocycles. The average molecular weight is 348 g/mol. The summed E-state index contributed by atoms with van der Waals surface area (Å²) < 4.78 is 16.1. The van der Waals surface area contributed by atoms with Crippen LogP contribution >= 0.6 is 0 Å². The third-order valence-corrected chi connectivity index (χ3v) is 5.46. The average Bonchev–Trinajstić information content (AvgIpc) is 3.07. The third-order valence-electron chi connectivity index (χ3n) is 5.46. The van der Waals surface area contributed by atoms with Crippen LogP contribution in [0, 0.1) is 11.3 Å². The molecule has 0 aromatic heterocycles. The van der Waals surface area contributed by atoms with Crippen molar-refractivity contribution in [1.82, 2.24) is 5.32 Å². The second-order valence-corrected chi connectivity index (χ2v) is 6.89. The molecular formula is C19H28N2O4. The number of rotatable bonds is 7. The fourth-order valence-electron chi connectivity index (χ4n) is 4.05. The number of carbonyl (C=O) groups excluding carboxylic acids is 1. The Hall–Kier alpha value is -1.79. The highest BCUT2D eigenvalue weighted by Gasteiger charge is 2.49. The van der Waals surface area contributed by atoms with Crippen LogP contribution in [0.5, 0.6) is 11.5 Å². The predicted molar refractivity (Wildman–Crippen MR) is 96.3 cm³/mol. The van der Waals surface area contributed by atoms with E-state index in [2.05, 4.69) is 10.6 Å². The van der Waals surface area contributed by atoms with Crippen molar-refractivity contribution in [2.75, 3.05) is 45.8 Å². The number of hydrogen-bond acceptors (Lipinski definition) is 5. The van der Waals surface area contributed by atoms with E-state index in [0.29, 0.717) is 30.6 Å². The fraction of sp³-hybridized carbons (Fsp3) is 0.632. The summed E-state index contributed by atoms with van der Waals surface area (Å²) in [5.41, 5.74) is 0.471. The standard InChI is InChI=1S/C19H28N2O4/c1-23-9-10-25-17-11-15(6-7-16(17)24-2)21-18(22)19-8-4-3-5-14(19)12-20-13-19/h6-7,11,14,20H,3-5,8-10,12-13H2,1-2H3,(H,21,22)/t14-,19+/m0/s1. The highest BCUT2D eigenvalue weighted by Crippen LogP contribution is 2.44. The monoisotopic (exact) mass is 348 g/mol. The topological polar surface area (TPSA) is 68.8 Å². The minimum absolute atomic E-state index is 0.121. The van der Waals surface area contributed by atoms with Crippen molar-refractivity contribution < 1.29 is 19.0 Å². The van der Waals surface area contributed by atoms with Crippen molar-refractivity contribution >= 4 is 11.6 Å². The number of nitrogens with one attached hydrogen (secondary N) is 2. The lowest BCUT2D eigenvalue weighted by Gasteiger charge is -2.37. The summed E-state index contributed by atoms with van der Waals surface area (Å²) in [4.78, 5) is 13.1. The Labute approximate surface area is 149 Å². The number of methoxy groups -OCH3 is 2. The molecule has 2 atom stereocenters. The van der Waals surface area contributed by atoms with Gasteiger partial charge in [0.2, 0.25) is 5.91 Å². The van der Waals surface area contributed by atoms with Gasteiger partial charge in [0.25, 0.3) is 0 Å². The number of hydrogen-bond donors (Lipinski definition) is 2. The van der Waals surface area contributed by atoms with E-state index in [1.165, 1.54) is 6.42 Å². The van der Waals surface area contributed by atoms with E-state index in [9.17, 15) is 4.79 Å². The van der Waals surface area contributed by atoms with Crippen molar-refractivity contribution in [3.8, 4) is 11.5 Å². The van der Waals surface area contributed by atoms with Crippen molar-refractivity contribution in [2.24, 2.45) is 11.3 Å². The summed E-state index contributed by atoms with van der Waals surface area (Å²) >= 11 is 0. The highest BCUT2D eigenvalue weighted by atomic mass is 16.5. The molecule has 1 heterocycles. The SMILES string of the molecule is COCCOc1cc(NC(=O)[C@@]23CCCC[C@H]2CNC3)ccc1OC. The molecule has 0 unspecified atom stereocenters. The Kier molecular flexibility index (Phi) is 5.81. The van der Waals surface area contributed by atoms with Gasteiger partial charge in [-0.15, -0.1) is 0 Å². The number of carbonyl (C=O) groups is 1. The van der Waals surface area contributed by atoms with Crippen LogP contribution in [0.4, 0.5) is 5.69 Å². The van der Waals surface area contributed by atoms with Gasteiger partial charge in [-0.3, -0.25) is 4.79 Å². The van der Waals surface area contributed by atoms with E-state index < -0.39 is 0 Å². The second-order valence-electron chi connectivity index (χ2n) is 6.89. The number of amides is 1. The molecule has 6 heteroatoms. The van der Waals surface area contributed by atoms with Crippen LogP contribution in [0.25, 0.3) is 0 Å². The van der Waals surface area contributed by atoms with Gasteiger partial charge in [-0.2, -0.15) is 0 Å². The Morgan fingerprint density at radius 1 is 1.28 bits per heavy atom. The Morgan fingerprint density at radius 2 is 2.16 bits per heavy atom. The maximum atomic E-state index is 13.1. The maximum absolute atomic E-state index is 13.1. The van der Waals surface area contributed by atoms with E-state index in [1.807, 2.05) is 18.2 Å². The quantitative estimate of drug-likeness (QED) is 0.741. The predicted octanol–water partition coefficient (Wildman–Crippen LogP) is 2.44. The lowest BCUT2D eigenvalue weighted by Crippen LogP contribution is -2.44. The van der Waals surface area contributed by atoms with Crippen molar-refractivity contribution in [1.29, 1.82) is 0 Å². The molecule has 1 aromatic rings. The summed E-state index contributed by atoms with van der Waals surface area (Å²) in [5.74, 6) is 1.82. The Bertz CT molecular complexity index is 607. The van der Waals surface area contributed by atoms with E-state index in [0.717, 1.165) is 38.0 Å². The molecule has 2 N–H and O–H groups in total. The van der Waals surface area contributed by atoms with E-state index in [1.54, 1.807) is 14.2 Å². The molecular weight excluding hydrogens is 320 g/mol. The van der Waals surface area contributed by atoms with Gasteiger partial charge in [-0.1, -0.05) is 12.8 Å². The van der Waals surface area contributed by atoms with Gasteiger partial charge in [0.15, 0.2) is 11.5 Å². The smallest absolute Gasteiger partial charge is 0.232 e. The summed E-state index contributed by atoms with van der Waals surface area (Å²) in [6, 6.07) is 5.50. The maximum Gasteiger partial charge on any atom is 0.232 e. The van der Waals surface area contributed by atoms with Crippen LogP contribution in [0.2, 0.25) is 0 Å². The zero-order chi connectivity index (χ0) is 17.7. The molecule has 1 saturated carbocycles. The van der Waals surface area contributed by atoms with Crippen LogP contribution in [-0.2, 0) is 9.53 Å². The van der Waals surface area contributed by atoms with Crippen LogP contribution in [-0.4, -0.2) is 46.4 Å². The Balaban J connectivity index is 1.73. The lowest BCUT2D eigenvalue weighted by atomic mass is 9.67. The first-order valence-electron chi connectivity index (χ1n) is 9.01. The summed E-state index contributed by atoms with van der Waals surface area (Å²) in [6.45, 7) is 2.65. The van der Waals surface area contributed by atoms with Crippen LogP contribution in [0.15, 0.2) is 18.2 Å². The molecule has 1 amide bonds. The summed E-state index contributed by atoms with van der Waals surface area (Å²) in [6.07, 6.45) is 4.44. The van der Waals surface area contributed by atoms with Gasteiger partial charge in [-0.25, -0.2) is 0 Å². The van der Waals surface area contributed by atoms with E-state index >= 15 is 0 Å². The molecule has 1 aliphatic heterocycles. The third kappa shape index (κ3) is 3.75. The molecule has 6 nitrogen and oxygen atoms in total. The largest absolute Gasteiger partial charge is 0.493 e. The molecule has 2 aliphatic rings. The second kappa shape index (κ2) is 8.06. The Morgan fingerprint density at radius 3 is 2.96 bits per heavy atom. The number of ether oxygens (including phenoxy) is 3. The number of fused-ring (bicyclic) bond motifs is 1. The van der Waals surface area contributed by atoms with Gasteiger partial charge in [-0.05, 0) is 37.4 Å². The molecule has 3 rings (SSSR count). The summed E-state index contributed by atoms with van der Waals surface area (Å²) in [5, 5.41) is 6.53. The first kappa shape index (κ1) is 18.0. The molecule has 0 radical (unpaired) electrons. The molecule has 138 valence electrons. The highest BCUT2D eigenvalue weighted by molar-refractivity contribution is 5.96. The van der Waals surface area contributed by atoms with Gasteiger partial charge in [0.05, 0.1) is 19.1 Å². The lowest BCUT2D eigenvalue weighted by molar-refractivity contribution is -0.128. The van der Waals surface area contributed by atoms with Crippen molar-refractivity contribution in [3.05, 3.63) is 18.2 Å². The zero-order valence-corrected chi connectivity index (χ0v) is 15.1. The molecule has 25 heavy (non-hydrogen) atoms. The minimum atomic E-state index is -0.269. The van der Waals surface area contributed by atoms with Gasteiger partial charge >= 0.3 is 0 Å². The van der Waals surface area contributed by atoms with Crippen molar-refractivity contribution in [3.63, 3.8) is 0 Å². The molecule has 2 fully saturated rings. The van der Waals surface area contributed by atoms with Gasteiger partial charge in [0, 0.05) is 25.4 Å². The molecule has 1 aromatic carbocycles. The van der Waals surface area contributed by atoms with Gasteiger partial charge in [0.1, 0.15) is 6.61 Å². The van der Waals surface area contributed by atoms with Crippen LogP contribution < -0.4 is 20.1 Å². The zero-order valence-electron chi connectivity index (χ0n) is 15.1. The van der Waals surface area contributed by atoms with Crippen molar-refractivity contribution in [2.45, 2.75) is 25.7 Å². The fourth-order valence-corrected chi connectivity index (χ4v) is 4.05. The first-order valence-corrected chi connectivity index (χ1v) is 9.01. The van der Waals surface area contributed by atoms with Crippen LogP contribution in [0.3, 0.4) is 0 Å². The van der Waals surface area contributed by atoms with E-state index in [4.69, 9.17) is 14.2 Å². The molecule has 0 spiro atoms. The van der Waals surface area contributed by atoms with Crippen LogP contribution in [0.1, 0.15) is 25.7 Å². The number of benzene rings is 1.